The molecule has 10 atom stereocenters. The molecule has 6 rings (SSSR count). The highest BCUT2D eigenvalue weighted by molar-refractivity contribution is 5.26. The van der Waals surface area contributed by atoms with Crippen LogP contribution in [-0.4, -0.2) is 29.4 Å². The molecule has 1 N–H and O–H groups in total. The lowest BCUT2D eigenvalue weighted by Gasteiger charge is -2.61. The third kappa shape index (κ3) is 2.66. The zero-order chi connectivity index (χ0) is 22.3. The minimum absolute atomic E-state index is 0.00660. The van der Waals surface area contributed by atoms with Crippen LogP contribution in [0.2, 0.25) is 0 Å². The largest absolute Gasteiger partial charge is 0.489 e. The molecule has 0 amide bonds. The SMILES string of the molecule is COC1C[C@H]2[C@@H]3CC[C@H]([C@H](C)Oc4cncc(CO)c4)[C@@]3(C)CC[C@@H]2[C@@]2(C)CC[C@@H]3C[C@]132. The van der Waals surface area contributed by atoms with E-state index in [9.17, 15) is 5.11 Å². The van der Waals surface area contributed by atoms with Crippen molar-refractivity contribution in [3.8, 4) is 5.75 Å². The van der Waals surface area contributed by atoms with Crippen LogP contribution in [0.15, 0.2) is 18.5 Å². The lowest BCUT2D eigenvalue weighted by molar-refractivity contribution is -0.162. The van der Waals surface area contributed by atoms with Crippen LogP contribution in [0.4, 0.5) is 0 Å². The van der Waals surface area contributed by atoms with Crippen LogP contribution in [-0.2, 0) is 11.3 Å². The van der Waals surface area contributed by atoms with Gasteiger partial charge in [0.2, 0.25) is 0 Å². The van der Waals surface area contributed by atoms with Crippen molar-refractivity contribution in [2.24, 2.45) is 45.8 Å². The summed E-state index contributed by atoms with van der Waals surface area (Å²) in [5.41, 5.74) is 2.17. The predicted molar refractivity (Wildman–Crippen MR) is 124 cm³/mol. The maximum atomic E-state index is 9.46. The average molecular weight is 440 g/mol. The molecule has 5 aliphatic rings. The monoisotopic (exact) mass is 439 g/mol. The van der Waals surface area contributed by atoms with Gasteiger partial charge in [-0.2, -0.15) is 0 Å². The Kier molecular flexibility index (Phi) is 4.81. The molecule has 5 saturated carbocycles. The summed E-state index contributed by atoms with van der Waals surface area (Å²) in [5, 5.41) is 9.46. The second kappa shape index (κ2) is 7.18. The van der Waals surface area contributed by atoms with E-state index >= 15 is 0 Å². The van der Waals surface area contributed by atoms with E-state index in [1.165, 1.54) is 51.4 Å². The van der Waals surface area contributed by atoms with Crippen molar-refractivity contribution in [1.29, 1.82) is 0 Å². The second-order valence-electron chi connectivity index (χ2n) is 12.5. The van der Waals surface area contributed by atoms with Gasteiger partial charge >= 0.3 is 0 Å². The first-order valence-corrected chi connectivity index (χ1v) is 13.1. The first kappa shape index (κ1) is 21.4. The molecule has 5 aliphatic carbocycles. The molecule has 0 saturated heterocycles. The van der Waals surface area contributed by atoms with Gasteiger partial charge in [-0.25, -0.2) is 0 Å². The van der Waals surface area contributed by atoms with Crippen LogP contribution in [0.25, 0.3) is 0 Å². The van der Waals surface area contributed by atoms with Crippen LogP contribution in [0.3, 0.4) is 0 Å². The number of rotatable bonds is 5. The Bertz CT molecular complexity index is 889. The summed E-state index contributed by atoms with van der Waals surface area (Å²) in [6.45, 7) is 7.51. The van der Waals surface area contributed by atoms with Crippen LogP contribution in [0.1, 0.15) is 77.7 Å². The summed E-state index contributed by atoms with van der Waals surface area (Å²) in [6.07, 6.45) is 15.1. The number of aliphatic hydroxyl groups excluding tert-OH is 1. The van der Waals surface area contributed by atoms with E-state index in [-0.39, 0.29) is 12.7 Å². The maximum absolute atomic E-state index is 9.46. The highest BCUT2D eigenvalue weighted by atomic mass is 16.5. The molecule has 0 aliphatic heterocycles. The molecular formula is C28H41NO3. The standard InChI is InChI=1S/C28H41NO3/c1-17(32-20-11-18(16-30)14-29-15-20)22-5-6-23-21-12-25(31-4)28-13-19(28)7-10-27(28,3)24(21)8-9-26(22,23)2/h11,14-15,17,19,21-25,30H,5-10,12-13,16H2,1-4H3/t17-,19+,21-,22+,23-,24-,25?,26+,27+,28+/m0/s1. The minimum Gasteiger partial charge on any atom is -0.489 e. The molecule has 32 heavy (non-hydrogen) atoms. The van der Waals surface area contributed by atoms with Gasteiger partial charge in [0.05, 0.1) is 25.0 Å². The van der Waals surface area contributed by atoms with Gasteiger partial charge in [-0.3, -0.25) is 4.98 Å². The molecule has 5 fully saturated rings. The molecule has 0 aromatic carbocycles. The van der Waals surface area contributed by atoms with E-state index in [1.54, 1.807) is 12.4 Å². The fourth-order valence-electron chi connectivity index (χ4n) is 10.3. The lowest BCUT2D eigenvalue weighted by atomic mass is 9.45. The van der Waals surface area contributed by atoms with E-state index in [4.69, 9.17) is 9.47 Å². The predicted octanol–water partition coefficient (Wildman–Crippen LogP) is 5.63. The highest BCUT2D eigenvalue weighted by Crippen LogP contribution is 2.82. The molecule has 4 nitrogen and oxygen atoms in total. The van der Waals surface area contributed by atoms with Crippen molar-refractivity contribution in [2.75, 3.05) is 7.11 Å². The number of fused-ring (bicyclic) bond motifs is 4. The molecule has 1 spiro atoms. The number of hydrogen-bond donors (Lipinski definition) is 1. The molecular weight excluding hydrogens is 398 g/mol. The van der Waals surface area contributed by atoms with Crippen molar-refractivity contribution < 1.29 is 14.6 Å². The summed E-state index contributed by atoms with van der Waals surface area (Å²) in [5.74, 6) is 4.81. The smallest absolute Gasteiger partial charge is 0.138 e. The molecule has 176 valence electrons. The Morgan fingerprint density at radius 2 is 1.97 bits per heavy atom. The van der Waals surface area contributed by atoms with E-state index in [0.717, 1.165) is 35.0 Å². The number of ether oxygens (including phenoxy) is 2. The van der Waals surface area contributed by atoms with Gasteiger partial charge in [-0.1, -0.05) is 13.8 Å². The topological polar surface area (TPSA) is 51.6 Å². The first-order chi connectivity index (χ1) is 15.4. The molecule has 4 heteroatoms. The third-order valence-corrected chi connectivity index (χ3v) is 11.7. The van der Waals surface area contributed by atoms with E-state index < -0.39 is 0 Å². The van der Waals surface area contributed by atoms with Gasteiger partial charge in [0.1, 0.15) is 5.75 Å². The molecule has 0 bridgehead atoms. The zero-order valence-corrected chi connectivity index (χ0v) is 20.3. The normalized spacial score (nSPS) is 49.5. The van der Waals surface area contributed by atoms with Gasteiger partial charge < -0.3 is 14.6 Å². The van der Waals surface area contributed by atoms with Gasteiger partial charge in [0.25, 0.3) is 0 Å². The first-order valence-electron chi connectivity index (χ1n) is 13.1. The Morgan fingerprint density at radius 1 is 1.12 bits per heavy atom. The van der Waals surface area contributed by atoms with Gasteiger partial charge in [-0.15, -0.1) is 0 Å². The Labute approximate surface area is 193 Å². The maximum Gasteiger partial charge on any atom is 0.138 e. The van der Waals surface area contributed by atoms with Crippen LogP contribution in [0.5, 0.6) is 5.75 Å². The number of hydrogen-bond acceptors (Lipinski definition) is 4. The van der Waals surface area contributed by atoms with Gasteiger partial charge in [0, 0.05) is 24.6 Å². The quantitative estimate of drug-likeness (QED) is 0.646. The van der Waals surface area contributed by atoms with Crippen molar-refractivity contribution >= 4 is 0 Å². The second-order valence-corrected chi connectivity index (χ2v) is 12.5. The Balaban J connectivity index is 1.24. The van der Waals surface area contributed by atoms with Crippen LogP contribution in [0, 0.1) is 45.8 Å². The van der Waals surface area contributed by atoms with E-state index in [1.807, 2.05) is 13.2 Å². The van der Waals surface area contributed by atoms with Crippen molar-refractivity contribution in [1.82, 2.24) is 4.98 Å². The summed E-state index contributed by atoms with van der Waals surface area (Å²) < 4.78 is 12.7. The number of methoxy groups -OCH3 is 1. The molecule has 1 aromatic heterocycles. The molecule has 1 heterocycles. The average Bonchev–Trinajstić information content (AvgIpc) is 3.29. The zero-order valence-electron chi connectivity index (χ0n) is 20.3. The van der Waals surface area contributed by atoms with E-state index in [0.29, 0.717) is 28.3 Å². The number of aromatic nitrogens is 1. The molecule has 0 radical (unpaired) electrons. The van der Waals surface area contributed by atoms with Crippen LogP contribution < -0.4 is 4.74 Å². The molecule has 1 aromatic rings. The summed E-state index contributed by atoms with van der Waals surface area (Å²) in [4.78, 5) is 4.26. The van der Waals surface area contributed by atoms with Gasteiger partial charge in [-0.05, 0) is 104 Å². The van der Waals surface area contributed by atoms with Crippen LogP contribution >= 0.6 is 0 Å². The summed E-state index contributed by atoms with van der Waals surface area (Å²) >= 11 is 0. The summed E-state index contributed by atoms with van der Waals surface area (Å²) in [6, 6.07) is 1.94. The molecule has 1 unspecified atom stereocenters. The van der Waals surface area contributed by atoms with Crippen molar-refractivity contribution in [3.05, 3.63) is 24.0 Å². The number of nitrogens with zero attached hydrogens (tertiary/aromatic N) is 1. The van der Waals surface area contributed by atoms with Gasteiger partial charge in [0.15, 0.2) is 0 Å². The number of aliphatic hydroxyl groups is 1. The fraction of sp³-hybridized carbons (Fsp3) is 0.821. The third-order valence-electron chi connectivity index (χ3n) is 11.7. The minimum atomic E-state index is 0.00660. The highest BCUT2D eigenvalue weighted by Gasteiger charge is 2.77. The Morgan fingerprint density at radius 3 is 2.72 bits per heavy atom. The van der Waals surface area contributed by atoms with Crippen molar-refractivity contribution in [2.45, 2.75) is 91.0 Å². The fourth-order valence-corrected chi connectivity index (χ4v) is 10.3. The van der Waals surface area contributed by atoms with E-state index in [2.05, 4.69) is 25.8 Å². The van der Waals surface area contributed by atoms with Crippen molar-refractivity contribution in [3.63, 3.8) is 0 Å². The lowest BCUT2D eigenvalue weighted by Crippen LogP contribution is -2.57. The summed E-state index contributed by atoms with van der Waals surface area (Å²) in [7, 11) is 1.98. The number of pyridine rings is 1. The Hall–Kier alpha value is -1.13.